The van der Waals surface area contributed by atoms with E-state index in [4.69, 9.17) is 5.26 Å². The molecule has 0 radical (unpaired) electrons. The molecule has 0 aromatic heterocycles. The molecule has 2 nitrogen and oxygen atoms in total. The van der Waals surface area contributed by atoms with Crippen LogP contribution in [0, 0.1) is 18.3 Å². The van der Waals surface area contributed by atoms with Crippen LogP contribution in [0.1, 0.15) is 27.8 Å². The maximum Gasteiger partial charge on any atom is 0.0991 e. The molecule has 1 aliphatic rings. The second-order valence-electron chi connectivity index (χ2n) is 5.54. The highest BCUT2D eigenvalue weighted by Crippen LogP contribution is 2.21. The fourth-order valence-electron chi connectivity index (χ4n) is 2.82. The molecule has 0 N–H and O–H groups in total. The summed E-state index contributed by atoms with van der Waals surface area (Å²) >= 11 is 0. The topological polar surface area (TPSA) is 27.0 Å². The first-order valence-electron chi connectivity index (χ1n) is 7.04. The smallest absolute Gasteiger partial charge is 0.0991 e. The van der Waals surface area contributed by atoms with E-state index in [1.807, 2.05) is 12.1 Å². The van der Waals surface area contributed by atoms with Crippen molar-refractivity contribution in [1.29, 1.82) is 5.26 Å². The van der Waals surface area contributed by atoms with Gasteiger partial charge in [0.2, 0.25) is 0 Å². The molecule has 0 unspecified atom stereocenters. The number of hydrogen-bond donors (Lipinski definition) is 0. The fraction of sp³-hybridized carbons (Fsp3) is 0.278. The molecule has 0 bridgehead atoms. The summed E-state index contributed by atoms with van der Waals surface area (Å²) in [5, 5.41) is 8.82. The first-order valence-corrected chi connectivity index (χ1v) is 7.04. The highest BCUT2D eigenvalue weighted by molar-refractivity contribution is 5.34. The van der Waals surface area contributed by atoms with E-state index in [1.165, 1.54) is 22.3 Å². The molecular weight excluding hydrogens is 244 g/mol. The van der Waals surface area contributed by atoms with Crippen molar-refractivity contribution in [3.8, 4) is 6.07 Å². The predicted molar refractivity (Wildman–Crippen MR) is 80.2 cm³/mol. The lowest BCUT2D eigenvalue weighted by atomic mass is 9.97. The highest BCUT2D eigenvalue weighted by atomic mass is 15.1. The normalized spacial score (nSPS) is 14.6. The third-order valence-corrected chi connectivity index (χ3v) is 3.94. The van der Waals surface area contributed by atoms with Crippen LogP contribution >= 0.6 is 0 Å². The first kappa shape index (κ1) is 12.9. The van der Waals surface area contributed by atoms with Crippen LogP contribution in [0.15, 0.2) is 42.5 Å². The largest absolute Gasteiger partial charge is 0.294 e. The third kappa shape index (κ3) is 2.74. The molecule has 3 rings (SSSR count). The molecule has 0 atom stereocenters. The minimum Gasteiger partial charge on any atom is -0.294 e. The summed E-state index contributed by atoms with van der Waals surface area (Å²) in [4.78, 5) is 2.48. The summed E-state index contributed by atoms with van der Waals surface area (Å²) in [7, 11) is 0. The Bertz CT molecular complexity index is 650. The van der Waals surface area contributed by atoms with E-state index in [0.29, 0.717) is 0 Å². The summed E-state index contributed by atoms with van der Waals surface area (Å²) in [5.74, 6) is 0. The van der Waals surface area contributed by atoms with E-state index >= 15 is 0 Å². The van der Waals surface area contributed by atoms with Gasteiger partial charge >= 0.3 is 0 Å². The molecule has 1 aliphatic heterocycles. The van der Waals surface area contributed by atoms with E-state index in [2.05, 4.69) is 48.2 Å². The Labute approximate surface area is 120 Å². The van der Waals surface area contributed by atoms with Crippen LogP contribution in [0.4, 0.5) is 0 Å². The van der Waals surface area contributed by atoms with E-state index < -0.39 is 0 Å². The van der Waals surface area contributed by atoms with E-state index in [9.17, 15) is 0 Å². The number of hydrogen-bond acceptors (Lipinski definition) is 2. The summed E-state index contributed by atoms with van der Waals surface area (Å²) in [6, 6.07) is 16.9. The van der Waals surface area contributed by atoms with Crippen LogP contribution in [-0.2, 0) is 19.5 Å². The van der Waals surface area contributed by atoms with Crippen molar-refractivity contribution >= 4 is 0 Å². The van der Waals surface area contributed by atoms with Gasteiger partial charge in [0.15, 0.2) is 0 Å². The lowest BCUT2D eigenvalue weighted by molar-refractivity contribution is 0.245. The Kier molecular flexibility index (Phi) is 3.54. The Morgan fingerprint density at radius 3 is 2.65 bits per heavy atom. The Morgan fingerprint density at radius 2 is 1.90 bits per heavy atom. The zero-order chi connectivity index (χ0) is 13.9. The first-order chi connectivity index (χ1) is 9.74. The molecule has 2 aromatic carbocycles. The SMILES string of the molecule is Cc1ccc2c(c1)CN(Cc1ccc(C#N)cc1)CC2. The van der Waals surface area contributed by atoms with Gasteiger partial charge in [0.25, 0.3) is 0 Å². The number of benzene rings is 2. The lowest BCUT2D eigenvalue weighted by Crippen LogP contribution is -2.30. The molecule has 0 spiro atoms. The molecule has 0 fully saturated rings. The standard InChI is InChI=1S/C18H18N2/c1-14-2-7-17-8-9-20(13-18(17)10-14)12-16-5-3-15(11-19)4-6-16/h2-7,10H,8-9,12-13H2,1H3. The second kappa shape index (κ2) is 5.48. The van der Waals surface area contributed by atoms with Crippen LogP contribution in [0.25, 0.3) is 0 Å². The molecular formula is C18H18N2. The van der Waals surface area contributed by atoms with Crippen LogP contribution in [0.2, 0.25) is 0 Å². The van der Waals surface area contributed by atoms with Gasteiger partial charge in [0, 0.05) is 19.6 Å². The average molecular weight is 262 g/mol. The number of rotatable bonds is 2. The molecule has 2 aromatic rings. The highest BCUT2D eigenvalue weighted by Gasteiger charge is 2.16. The molecule has 20 heavy (non-hydrogen) atoms. The summed E-state index contributed by atoms with van der Waals surface area (Å²) in [5.41, 5.74) is 6.30. The minimum absolute atomic E-state index is 0.730. The van der Waals surface area contributed by atoms with Crippen LogP contribution in [0.3, 0.4) is 0 Å². The number of aryl methyl sites for hydroxylation is 1. The van der Waals surface area contributed by atoms with Gasteiger partial charge in [-0.2, -0.15) is 5.26 Å². The predicted octanol–water partition coefficient (Wildman–Crippen LogP) is 3.43. The maximum absolute atomic E-state index is 8.82. The van der Waals surface area contributed by atoms with E-state index in [1.54, 1.807) is 0 Å². The van der Waals surface area contributed by atoms with Crippen molar-refractivity contribution in [2.24, 2.45) is 0 Å². The summed E-state index contributed by atoms with van der Waals surface area (Å²) < 4.78 is 0. The van der Waals surface area contributed by atoms with Crippen molar-refractivity contribution in [2.45, 2.75) is 26.4 Å². The Balaban J connectivity index is 1.72. The minimum atomic E-state index is 0.730. The van der Waals surface area contributed by atoms with Crippen molar-refractivity contribution in [2.75, 3.05) is 6.54 Å². The van der Waals surface area contributed by atoms with Crippen molar-refractivity contribution in [3.05, 3.63) is 70.3 Å². The van der Waals surface area contributed by atoms with Gasteiger partial charge in [0.1, 0.15) is 0 Å². The lowest BCUT2D eigenvalue weighted by Gasteiger charge is -2.29. The number of nitriles is 1. The fourth-order valence-corrected chi connectivity index (χ4v) is 2.82. The summed E-state index contributed by atoms with van der Waals surface area (Å²) in [6.45, 7) is 5.24. The van der Waals surface area contributed by atoms with Crippen LogP contribution < -0.4 is 0 Å². The quantitative estimate of drug-likeness (QED) is 0.829. The molecule has 100 valence electrons. The zero-order valence-electron chi connectivity index (χ0n) is 11.8. The Hall–Kier alpha value is -2.11. The zero-order valence-corrected chi connectivity index (χ0v) is 11.8. The van der Waals surface area contributed by atoms with E-state index in [0.717, 1.165) is 31.6 Å². The van der Waals surface area contributed by atoms with Gasteiger partial charge in [-0.15, -0.1) is 0 Å². The van der Waals surface area contributed by atoms with Crippen molar-refractivity contribution in [3.63, 3.8) is 0 Å². The van der Waals surface area contributed by atoms with Crippen LogP contribution in [0.5, 0.6) is 0 Å². The van der Waals surface area contributed by atoms with Crippen molar-refractivity contribution < 1.29 is 0 Å². The maximum atomic E-state index is 8.82. The average Bonchev–Trinajstić information content (AvgIpc) is 2.47. The van der Waals surface area contributed by atoms with Gasteiger partial charge in [-0.1, -0.05) is 35.9 Å². The monoisotopic (exact) mass is 262 g/mol. The number of fused-ring (bicyclic) bond motifs is 1. The third-order valence-electron chi connectivity index (χ3n) is 3.94. The molecule has 0 saturated heterocycles. The van der Waals surface area contributed by atoms with Crippen LogP contribution in [-0.4, -0.2) is 11.4 Å². The number of nitrogens with zero attached hydrogens (tertiary/aromatic N) is 2. The van der Waals surface area contributed by atoms with E-state index in [-0.39, 0.29) is 0 Å². The molecule has 0 amide bonds. The molecule has 2 heteroatoms. The van der Waals surface area contributed by atoms with Gasteiger partial charge in [-0.25, -0.2) is 0 Å². The molecule has 0 saturated carbocycles. The summed E-state index contributed by atoms with van der Waals surface area (Å²) in [6.07, 6.45) is 1.13. The van der Waals surface area contributed by atoms with Gasteiger partial charge in [0.05, 0.1) is 11.6 Å². The second-order valence-corrected chi connectivity index (χ2v) is 5.54. The van der Waals surface area contributed by atoms with Crippen molar-refractivity contribution in [1.82, 2.24) is 4.90 Å². The van der Waals surface area contributed by atoms with Gasteiger partial charge < -0.3 is 0 Å². The Morgan fingerprint density at radius 1 is 1.10 bits per heavy atom. The van der Waals surface area contributed by atoms with Gasteiger partial charge in [-0.05, 0) is 42.2 Å². The molecule has 0 aliphatic carbocycles. The molecule has 1 heterocycles. The van der Waals surface area contributed by atoms with Gasteiger partial charge in [-0.3, -0.25) is 4.90 Å².